The normalized spacial score (nSPS) is 46.1. The van der Waals surface area contributed by atoms with Crippen LogP contribution in [0, 0.1) is 17.3 Å². The van der Waals surface area contributed by atoms with E-state index in [0.29, 0.717) is 17.6 Å². The summed E-state index contributed by atoms with van der Waals surface area (Å²) < 4.78 is 5.71. The maximum Gasteiger partial charge on any atom is 0.0847 e. The molecule has 0 N–H and O–H groups in total. The van der Waals surface area contributed by atoms with E-state index >= 15 is 0 Å². The van der Waals surface area contributed by atoms with Crippen molar-refractivity contribution in [2.45, 2.75) is 77.4 Å². The molecule has 1 nitrogen and oxygen atoms in total. The first-order chi connectivity index (χ1) is 7.69. The summed E-state index contributed by atoms with van der Waals surface area (Å²) >= 11 is 0. The number of fused-ring (bicyclic) bond motifs is 1. The third kappa shape index (κ3) is 1.92. The summed E-state index contributed by atoms with van der Waals surface area (Å²) in [4.78, 5) is 0. The number of hydrogen-bond acceptors (Lipinski definition) is 1. The zero-order chi connectivity index (χ0) is 11.2. The standard InChI is InChI=1S/C15H26O/c1-11(12-6-4-3-5-7-12)15(2)9-8-13-14(10-15)16-13/h11-14H,3-10H2,1-2H3. The zero-order valence-electron chi connectivity index (χ0n) is 10.9. The van der Waals surface area contributed by atoms with Gasteiger partial charge in [-0.05, 0) is 36.5 Å². The van der Waals surface area contributed by atoms with Gasteiger partial charge in [-0.3, -0.25) is 0 Å². The van der Waals surface area contributed by atoms with Gasteiger partial charge in [0.05, 0.1) is 12.2 Å². The lowest BCUT2D eigenvalue weighted by Gasteiger charge is -2.43. The predicted octanol–water partition coefficient (Wildman–Crippen LogP) is 4.16. The lowest BCUT2D eigenvalue weighted by atomic mass is 9.61. The van der Waals surface area contributed by atoms with Crippen molar-refractivity contribution in [3.8, 4) is 0 Å². The molecule has 2 saturated carbocycles. The third-order valence-corrected chi connectivity index (χ3v) is 5.81. The molecule has 2 aliphatic carbocycles. The summed E-state index contributed by atoms with van der Waals surface area (Å²) in [7, 11) is 0. The lowest BCUT2D eigenvalue weighted by molar-refractivity contribution is 0.0748. The molecule has 4 unspecified atom stereocenters. The molecule has 4 atom stereocenters. The van der Waals surface area contributed by atoms with Crippen molar-refractivity contribution in [3.05, 3.63) is 0 Å². The number of rotatable bonds is 2. The van der Waals surface area contributed by atoms with E-state index in [1.165, 1.54) is 51.4 Å². The van der Waals surface area contributed by atoms with Crippen LogP contribution in [0.25, 0.3) is 0 Å². The molecule has 3 aliphatic rings. The molecule has 0 aromatic heterocycles. The van der Waals surface area contributed by atoms with Gasteiger partial charge in [0.15, 0.2) is 0 Å². The van der Waals surface area contributed by atoms with Crippen molar-refractivity contribution >= 4 is 0 Å². The van der Waals surface area contributed by atoms with Crippen molar-refractivity contribution in [2.75, 3.05) is 0 Å². The Bertz CT molecular complexity index is 256. The Morgan fingerprint density at radius 1 is 1.06 bits per heavy atom. The fraction of sp³-hybridized carbons (Fsp3) is 1.00. The van der Waals surface area contributed by atoms with E-state index < -0.39 is 0 Å². The van der Waals surface area contributed by atoms with Crippen molar-refractivity contribution in [2.24, 2.45) is 17.3 Å². The minimum absolute atomic E-state index is 0.583. The van der Waals surface area contributed by atoms with Crippen LogP contribution < -0.4 is 0 Å². The van der Waals surface area contributed by atoms with E-state index in [1.54, 1.807) is 0 Å². The SMILES string of the molecule is CC(C1CCCCC1)C1(C)CCC2OC2C1. The van der Waals surface area contributed by atoms with Gasteiger partial charge in [-0.2, -0.15) is 0 Å². The smallest absolute Gasteiger partial charge is 0.0847 e. The van der Waals surface area contributed by atoms with Crippen molar-refractivity contribution in [1.82, 2.24) is 0 Å². The highest BCUT2D eigenvalue weighted by atomic mass is 16.6. The van der Waals surface area contributed by atoms with E-state index in [2.05, 4.69) is 13.8 Å². The van der Waals surface area contributed by atoms with Crippen LogP contribution in [0.5, 0.6) is 0 Å². The van der Waals surface area contributed by atoms with Gasteiger partial charge in [-0.25, -0.2) is 0 Å². The summed E-state index contributed by atoms with van der Waals surface area (Å²) in [5.74, 6) is 1.92. The number of ether oxygens (including phenoxy) is 1. The first-order valence-corrected chi connectivity index (χ1v) is 7.34. The first-order valence-electron chi connectivity index (χ1n) is 7.34. The Balaban J connectivity index is 1.65. The highest BCUT2D eigenvalue weighted by molar-refractivity contribution is 5.00. The van der Waals surface area contributed by atoms with Crippen molar-refractivity contribution in [3.63, 3.8) is 0 Å². The van der Waals surface area contributed by atoms with Gasteiger partial charge in [-0.1, -0.05) is 46.0 Å². The van der Waals surface area contributed by atoms with Crippen molar-refractivity contribution in [1.29, 1.82) is 0 Å². The van der Waals surface area contributed by atoms with Crippen LogP contribution in [-0.4, -0.2) is 12.2 Å². The second kappa shape index (κ2) is 4.01. The Hall–Kier alpha value is -0.0400. The van der Waals surface area contributed by atoms with Crippen LogP contribution in [0.15, 0.2) is 0 Å². The van der Waals surface area contributed by atoms with Crippen LogP contribution in [0.1, 0.15) is 65.2 Å². The maximum atomic E-state index is 5.71. The van der Waals surface area contributed by atoms with Crippen molar-refractivity contribution < 1.29 is 4.74 Å². The summed E-state index contributed by atoms with van der Waals surface area (Å²) in [6.07, 6.45) is 12.8. The molecule has 0 bridgehead atoms. The average molecular weight is 222 g/mol. The molecular weight excluding hydrogens is 196 g/mol. The fourth-order valence-electron chi connectivity index (χ4n) is 4.26. The highest BCUT2D eigenvalue weighted by Gasteiger charge is 2.51. The Labute approximate surface area is 99.9 Å². The average Bonchev–Trinajstić information content (AvgIpc) is 3.07. The molecule has 1 heterocycles. The molecular formula is C15H26O. The van der Waals surface area contributed by atoms with Gasteiger partial charge in [0.25, 0.3) is 0 Å². The number of hydrogen-bond donors (Lipinski definition) is 0. The van der Waals surface area contributed by atoms with Crippen LogP contribution in [0.3, 0.4) is 0 Å². The molecule has 0 aromatic carbocycles. The predicted molar refractivity (Wildman–Crippen MR) is 66.4 cm³/mol. The molecule has 3 fully saturated rings. The van der Waals surface area contributed by atoms with Gasteiger partial charge >= 0.3 is 0 Å². The second-order valence-corrected chi connectivity index (χ2v) is 6.80. The van der Waals surface area contributed by atoms with E-state index in [-0.39, 0.29) is 0 Å². The van der Waals surface area contributed by atoms with Crippen LogP contribution in [-0.2, 0) is 4.74 Å². The molecule has 16 heavy (non-hydrogen) atoms. The topological polar surface area (TPSA) is 12.5 Å². The van der Waals surface area contributed by atoms with Gasteiger partial charge in [0.1, 0.15) is 0 Å². The van der Waals surface area contributed by atoms with Gasteiger partial charge < -0.3 is 4.74 Å². The lowest BCUT2D eigenvalue weighted by Crippen LogP contribution is -2.36. The molecule has 0 radical (unpaired) electrons. The Kier molecular flexibility index (Phi) is 2.78. The van der Waals surface area contributed by atoms with Gasteiger partial charge in [0, 0.05) is 0 Å². The Morgan fingerprint density at radius 3 is 2.50 bits per heavy atom. The first kappa shape index (κ1) is 11.1. The van der Waals surface area contributed by atoms with Crippen LogP contribution in [0.4, 0.5) is 0 Å². The largest absolute Gasteiger partial charge is 0.370 e. The molecule has 0 aromatic rings. The van der Waals surface area contributed by atoms with Crippen LogP contribution >= 0.6 is 0 Å². The third-order valence-electron chi connectivity index (χ3n) is 5.81. The zero-order valence-corrected chi connectivity index (χ0v) is 10.9. The molecule has 0 spiro atoms. The molecule has 1 saturated heterocycles. The summed E-state index contributed by atoms with van der Waals surface area (Å²) in [6.45, 7) is 5.06. The highest BCUT2D eigenvalue weighted by Crippen LogP contribution is 2.53. The van der Waals surface area contributed by atoms with Gasteiger partial charge in [-0.15, -0.1) is 0 Å². The van der Waals surface area contributed by atoms with E-state index in [9.17, 15) is 0 Å². The van der Waals surface area contributed by atoms with Gasteiger partial charge in [0.2, 0.25) is 0 Å². The van der Waals surface area contributed by atoms with Crippen LogP contribution in [0.2, 0.25) is 0 Å². The molecule has 1 heteroatoms. The molecule has 0 amide bonds. The fourth-order valence-corrected chi connectivity index (χ4v) is 4.26. The van der Waals surface area contributed by atoms with E-state index in [1.807, 2.05) is 0 Å². The quantitative estimate of drug-likeness (QED) is 0.639. The van der Waals surface area contributed by atoms with E-state index in [0.717, 1.165) is 11.8 Å². The molecule has 1 aliphatic heterocycles. The molecule has 92 valence electrons. The second-order valence-electron chi connectivity index (χ2n) is 6.80. The monoisotopic (exact) mass is 222 g/mol. The molecule has 3 rings (SSSR count). The summed E-state index contributed by atoms with van der Waals surface area (Å²) in [6, 6.07) is 0. The summed E-state index contributed by atoms with van der Waals surface area (Å²) in [5, 5.41) is 0. The minimum Gasteiger partial charge on any atom is -0.370 e. The number of epoxide rings is 1. The summed E-state index contributed by atoms with van der Waals surface area (Å²) in [5.41, 5.74) is 0.583. The minimum atomic E-state index is 0.583. The van der Waals surface area contributed by atoms with E-state index in [4.69, 9.17) is 4.74 Å². The maximum absolute atomic E-state index is 5.71. The Morgan fingerprint density at radius 2 is 1.81 bits per heavy atom.